The maximum Gasteiger partial charge on any atom is 0.183 e. The van der Waals surface area contributed by atoms with Gasteiger partial charge < -0.3 is 14.4 Å². The minimum absolute atomic E-state index is 0.244. The Bertz CT molecular complexity index is 743. The first-order valence-electron chi connectivity index (χ1n) is 11.2. The van der Waals surface area contributed by atoms with Crippen LogP contribution in [0.4, 0.5) is 5.69 Å². The van der Waals surface area contributed by atoms with Gasteiger partial charge >= 0.3 is 0 Å². The van der Waals surface area contributed by atoms with Crippen molar-refractivity contribution in [3.63, 3.8) is 0 Å². The zero-order valence-electron chi connectivity index (χ0n) is 17.9. The lowest BCUT2D eigenvalue weighted by atomic mass is 9.97. The fourth-order valence-electron chi connectivity index (χ4n) is 4.28. The summed E-state index contributed by atoms with van der Waals surface area (Å²) in [6, 6.07) is 17.8. The number of nitrogens with one attached hydrogen (secondary N) is 1. The third-order valence-corrected chi connectivity index (χ3v) is 6.35. The van der Waals surface area contributed by atoms with Gasteiger partial charge in [-0.05, 0) is 55.3 Å². The van der Waals surface area contributed by atoms with Crippen molar-refractivity contribution in [3.05, 3.63) is 65.2 Å². The van der Waals surface area contributed by atoms with E-state index in [-0.39, 0.29) is 6.29 Å². The van der Waals surface area contributed by atoms with Gasteiger partial charge in [0.15, 0.2) is 6.29 Å². The van der Waals surface area contributed by atoms with E-state index in [1.807, 2.05) is 0 Å². The van der Waals surface area contributed by atoms with Crippen LogP contribution < -0.4 is 4.90 Å². The molecule has 0 atom stereocenters. The van der Waals surface area contributed by atoms with E-state index in [0.717, 1.165) is 18.7 Å². The highest BCUT2D eigenvalue weighted by atomic mass is 16.7. The van der Waals surface area contributed by atoms with Gasteiger partial charge in [0.25, 0.3) is 0 Å². The largest absolute Gasteiger partial charge is 0.348 e. The van der Waals surface area contributed by atoms with Crippen molar-refractivity contribution in [2.75, 3.05) is 46.4 Å². The number of rotatable bonds is 6. The Morgan fingerprint density at radius 3 is 2.14 bits per heavy atom. The Balaban J connectivity index is 1.30. The van der Waals surface area contributed by atoms with Gasteiger partial charge in [-0.2, -0.15) is 0 Å². The molecule has 2 aromatic carbocycles. The summed E-state index contributed by atoms with van der Waals surface area (Å²) < 4.78 is 12.2. The van der Waals surface area contributed by atoms with Crippen molar-refractivity contribution in [1.82, 2.24) is 4.90 Å². The van der Waals surface area contributed by atoms with Crippen LogP contribution in [0, 0.1) is 0 Å². The number of benzene rings is 2. The van der Waals surface area contributed by atoms with E-state index in [1.165, 1.54) is 49.2 Å². The van der Waals surface area contributed by atoms with E-state index < -0.39 is 0 Å². The van der Waals surface area contributed by atoms with Gasteiger partial charge in [-0.15, -0.1) is 0 Å². The molecule has 29 heavy (non-hydrogen) atoms. The van der Waals surface area contributed by atoms with Gasteiger partial charge in [-0.25, -0.2) is 0 Å². The topological polar surface area (TPSA) is 26.1 Å². The molecule has 2 aliphatic rings. The molecule has 0 amide bonds. The van der Waals surface area contributed by atoms with Crippen LogP contribution >= 0.6 is 0 Å². The lowest BCUT2D eigenvalue weighted by Gasteiger charge is -2.31. The molecule has 4 nitrogen and oxygen atoms in total. The van der Waals surface area contributed by atoms with Crippen LogP contribution in [-0.4, -0.2) is 51.3 Å². The molecule has 1 N–H and O–H groups in total. The van der Waals surface area contributed by atoms with E-state index in [2.05, 4.69) is 67.4 Å². The van der Waals surface area contributed by atoms with Gasteiger partial charge in [-0.1, -0.05) is 37.6 Å². The quantitative estimate of drug-likeness (QED) is 0.813. The van der Waals surface area contributed by atoms with E-state index in [9.17, 15) is 0 Å². The monoisotopic (exact) mass is 395 g/mol. The number of aryl methyl sites for hydroxylation is 1. The molecule has 4 heteroatoms. The lowest BCUT2D eigenvalue weighted by Crippen LogP contribution is -3.10. The van der Waals surface area contributed by atoms with Crippen LogP contribution in [0.15, 0.2) is 48.5 Å². The summed E-state index contributed by atoms with van der Waals surface area (Å²) in [5, 5.41) is 0. The highest BCUT2D eigenvalue weighted by Crippen LogP contribution is 2.30. The molecule has 2 saturated heterocycles. The predicted molar refractivity (Wildman–Crippen MR) is 117 cm³/mol. The molecule has 0 bridgehead atoms. The summed E-state index contributed by atoms with van der Waals surface area (Å²) in [4.78, 5) is 3.97. The van der Waals surface area contributed by atoms with Crippen molar-refractivity contribution in [2.45, 2.75) is 38.4 Å². The summed E-state index contributed by atoms with van der Waals surface area (Å²) in [6.07, 6.45) is 3.42. The predicted octanol–water partition coefficient (Wildman–Crippen LogP) is 3.32. The van der Waals surface area contributed by atoms with Crippen molar-refractivity contribution in [2.24, 2.45) is 0 Å². The number of hydrogen-bond donors (Lipinski definition) is 1. The molecule has 0 unspecified atom stereocenters. The number of likely N-dealkylation sites (N-methyl/N-ethyl adjacent to an activating group) is 1. The standard InChI is InChI=1S/C25H34N2O2/c1-3-4-5-20-6-8-21(9-7-20)23-18-28-25(29-19-23)22-10-12-24(13-11-22)27-16-14-26(2)15-17-27/h6-13,23,25H,3-5,14-19H2,1-2H3/p+1. The van der Waals surface area contributed by atoms with E-state index in [0.29, 0.717) is 19.1 Å². The summed E-state index contributed by atoms with van der Waals surface area (Å²) in [7, 11) is 2.20. The van der Waals surface area contributed by atoms with Crippen LogP contribution in [0.3, 0.4) is 0 Å². The van der Waals surface area contributed by atoms with Crippen LogP contribution in [0.5, 0.6) is 0 Å². The molecule has 2 aromatic rings. The Labute approximate surface area is 175 Å². The first kappa shape index (κ1) is 20.5. The van der Waals surface area contributed by atoms with E-state index in [1.54, 1.807) is 4.90 Å². The number of ether oxygens (including phenoxy) is 2. The van der Waals surface area contributed by atoms with Crippen LogP contribution in [-0.2, 0) is 15.9 Å². The summed E-state index contributed by atoms with van der Waals surface area (Å²) in [5.41, 5.74) is 5.24. The second-order valence-electron chi connectivity index (χ2n) is 8.57. The van der Waals surface area contributed by atoms with Gasteiger partial charge in [0, 0.05) is 24.6 Å². The molecule has 0 spiro atoms. The molecule has 0 aromatic heterocycles. The second-order valence-corrected chi connectivity index (χ2v) is 8.57. The second kappa shape index (κ2) is 9.86. The molecule has 2 aliphatic heterocycles. The number of quaternary nitrogens is 1. The third-order valence-electron chi connectivity index (χ3n) is 6.35. The third kappa shape index (κ3) is 5.26. The highest BCUT2D eigenvalue weighted by molar-refractivity contribution is 5.33. The first-order valence-corrected chi connectivity index (χ1v) is 11.2. The van der Waals surface area contributed by atoms with Gasteiger partial charge in [0.05, 0.1) is 26.3 Å². The summed E-state index contributed by atoms with van der Waals surface area (Å²) in [5.74, 6) is 0.320. The highest BCUT2D eigenvalue weighted by Gasteiger charge is 2.25. The molecule has 2 heterocycles. The van der Waals surface area contributed by atoms with Crippen LogP contribution in [0.2, 0.25) is 0 Å². The molecule has 2 fully saturated rings. The fourth-order valence-corrected chi connectivity index (χ4v) is 4.28. The van der Waals surface area contributed by atoms with Crippen LogP contribution in [0.1, 0.15) is 48.7 Å². The summed E-state index contributed by atoms with van der Waals surface area (Å²) in [6.45, 7) is 8.33. The average Bonchev–Trinajstić information content (AvgIpc) is 2.79. The zero-order chi connectivity index (χ0) is 20.1. The molecule has 0 aliphatic carbocycles. The number of unbranched alkanes of at least 4 members (excludes halogenated alkanes) is 1. The SMILES string of the molecule is CCCCc1ccc(C2COC(c3ccc([NH+]4CCN(C)CC4)cc3)OC2)cc1. The van der Waals surface area contributed by atoms with Gasteiger partial charge in [0.1, 0.15) is 5.69 Å². The fraction of sp³-hybridized carbons (Fsp3) is 0.520. The molecule has 156 valence electrons. The van der Waals surface area contributed by atoms with Crippen molar-refractivity contribution in [1.29, 1.82) is 0 Å². The van der Waals surface area contributed by atoms with E-state index >= 15 is 0 Å². The smallest absolute Gasteiger partial charge is 0.183 e. The minimum Gasteiger partial charge on any atom is -0.348 e. The molecule has 4 rings (SSSR count). The summed E-state index contributed by atoms with van der Waals surface area (Å²) >= 11 is 0. The molecule has 0 saturated carbocycles. The van der Waals surface area contributed by atoms with Gasteiger partial charge in [-0.3, -0.25) is 4.90 Å². The Morgan fingerprint density at radius 2 is 1.52 bits per heavy atom. The molecular formula is C25H35N2O2+. The van der Waals surface area contributed by atoms with Crippen molar-refractivity contribution in [3.8, 4) is 0 Å². The molecular weight excluding hydrogens is 360 g/mol. The van der Waals surface area contributed by atoms with Crippen molar-refractivity contribution >= 4 is 5.69 Å². The van der Waals surface area contributed by atoms with Crippen LogP contribution in [0.25, 0.3) is 0 Å². The minimum atomic E-state index is -0.244. The Morgan fingerprint density at radius 1 is 0.897 bits per heavy atom. The molecule has 0 radical (unpaired) electrons. The Kier molecular flexibility index (Phi) is 6.98. The number of hydrogen-bond acceptors (Lipinski definition) is 3. The zero-order valence-corrected chi connectivity index (χ0v) is 17.9. The van der Waals surface area contributed by atoms with Gasteiger partial charge in [0.2, 0.25) is 0 Å². The average molecular weight is 396 g/mol. The Hall–Kier alpha value is -1.72. The maximum absolute atomic E-state index is 6.09. The number of nitrogens with zero attached hydrogens (tertiary/aromatic N) is 1. The first-order chi connectivity index (χ1) is 14.2. The van der Waals surface area contributed by atoms with E-state index in [4.69, 9.17) is 9.47 Å². The lowest BCUT2D eigenvalue weighted by molar-refractivity contribution is -0.838. The number of piperazine rings is 1. The normalized spacial score (nSPS) is 23.9. The maximum atomic E-state index is 6.09. The van der Waals surface area contributed by atoms with Crippen molar-refractivity contribution < 1.29 is 14.4 Å².